The summed E-state index contributed by atoms with van der Waals surface area (Å²) >= 11 is 0. The smallest absolute Gasteiger partial charge is 0.287 e. The molecule has 0 fully saturated rings. The van der Waals surface area contributed by atoms with Gasteiger partial charge in [-0.2, -0.15) is 10.5 Å². The third-order valence-corrected chi connectivity index (χ3v) is 2.35. The lowest BCUT2D eigenvalue weighted by molar-refractivity contribution is -0.385. The predicted octanol–water partition coefficient (Wildman–Crippen LogP) is 0.774. The van der Waals surface area contributed by atoms with E-state index in [1.165, 1.54) is 12.1 Å². The van der Waals surface area contributed by atoms with Gasteiger partial charge in [-0.25, -0.2) is 0 Å². The maximum atomic E-state index is 10.7. The number of hydrogen-bond donors (Lipinski definition) is 2. The van der Waals surface area contributed by atoms with Gasteiger partial charge in [-0.05, 0) is 11.6 Å². The molecule has 0 saturated carbocycles. The summed E-state index contributed by atoms with van der Waals surface area (Å²) in [7, 11) is 0. The molecule has 7 heteroatoms. The summed E-state index contributed by atoms with van der Waals surface area (Å²) in [6.07, 6.45) is -3.03. The van der Waals surface area contributed by atoms with Crippen LogP contribution in [0.2, 0.25) is 0 Å². The molecule has 2 unspecified atom stereocenters. The highest BCUT2D eigenvalue weighted by molar-refractivity contribution is 5.50. The number of nitro groups is 1. The number of nitrogens with zero attached hydrogens (tertiary/aromatic N) is 3. The molecule has 0 aliphatic rings. The van der Waals surface area contributed by atoms with Crippen molar-refractivity contribution in [2.75, 3.05) is 0 Å². The van der Waals surface area contributed by atoms with Crippen molar-refractivity contribution in [3.05, 3.63) is 39.4 Å². The maximum absolute atomic E-state index is 10.7. The minimum absolute atomic E-state index is 0.0865. The lowest BCUT2D eigenvalue weighted by Crippen LogP contribution is -2.17. The van der Waals surface area contributed by atoms with Gasteiger partial charge in [0.25, 0.3) is 5.69 Å². The Morgan fingerprint density at radius 1 is 1.39 bits per heavy atom. The summed E-state index contributed by atoms with van der Waals surface area (Å²) in [6, 6.07) is 6.85. The average Bonchev–Trinajstić information content (AvgIpc) is 2.37. The molecular formula is C11H9N3O4. The second-order valence-electron chi connectivity index (χ2n) is 3.52. The number of aliphatic hydroxyl groups is 2. The molecule has 0 aliphatic carbocycles. The van der Waals surface area contributed by atoms with E-state index in [4.69, 9.17) is 10.5 Å². The van der Waals surface area contributed by atoms with Crippen LogP contribution in [-0.4, -0.2) is 21.2 Å². The minimum atomic E-state index is -1.41. The Balaban J connectivity index is 3.13. The van der Waals surface area contributed by atoms with Crippen molar-refractivity contribution < 1.29 is 15.1 Å². The van der Waals surface area contributed by atoms with E-state index >= 15 is 0 Å². The van der Waals surface area contributed by atoms with E-state index in [0.717, 1.165) is 6.07 Å². The van der Waals surface area contributed by atoms with E-state index in [1.54, 1.807) is 12.1 Å². The molecule has 1 aromatic carbocycles. The molecule has 0 amide bonds. The van der Waals surface area contributed by atoms with Gasteiger partial charge in [-0.3, -0.25) is 10.1 Å². The van der Waals surface area contributed by atoms with Crippen LogP contribution in [0.15, 0.2) is 18.2 Å². The summed E-state index contributed by atoms with van der Waals surface area (Å²) in [5.74, 6) is 0. The van der Waals surface area contributed by atoms with E-state index in [9.17, 15) is 20.3 Å². The molecule has 0 radical (unpaired) electrons. The van der Waals surface area contributed by atoms with Crippen molar-refractivity contribution in [1.82, 2.24) is 0 Å². The third kappa shape index (κ3) is 2.80. The highest BCUT2D eigenvalue weighted by Gasteiger charge is 2.22. The van der Waals surface area contributed by atoms with E-state index in [0.29, 0.717) is 0 Å². The van der Waals surface area contributed by atoms with Crippen LogP contribution in [0.25, 0.3) is 0 Å². The second-order valence-corrected chi connectivity index (χ2v) is 3.52. The van der Waals surface area contributed by atoms with Gasteiger partial charge >= 0.3 is 0 Å². The summed E-state index contributed by atoms with van der Waals surface area (Å²) in [4.78, 5) is 9.96. The highest BCUT2D eigenvalue weighted by Crippen LogP contribution is 2.25. The van der Waals surface area contributed by atoms with Gasteiger partial charge in [-0.1, -0.05) is 6.07 Å². The van der Waals surface area contributed by atoms with E-state index in [1.807, 2.05) is 0 Å². The Labute approximate surface area is 102 Å². The van der Waals surface area contributed by atoms with Crippen LogP contribution in [0.4, 0.5) is 5.69 Å². The van der Waals surface area contributed by atoms with Gasteiger partial charge in [-0.15, -0.1) is 0 Å². The van der Waals surface area contributed by atoms with Gasteiger partial charge in [0.1, 0.15) is 17.7 Å². The predicted molar refractivity (Wildman–Crippen MR) is 59.0 cm³/mol. The van der Waals surface area contributed by atoms with E-state index in [2.05, 4.69) is 0 Å². The first-order valence-electron chi connectivity index (χ1n) is 4.92. The highest BCUT2D eigenvalue weighted by atomic mass is 16.6. The van der Waals surface area contributed by atoms with Crippen LogP contribution in [-0.2, 0) is 0 Å². The first-order valence-corrected chi connectivity index (χ1v) is 4.92. The molecule has 92 valence electrons. The van der Waals surface area contributed by atoms with Crippen LogP contribution in [0.3, 0.4) is 0 Å². The summed E-state index contributed by atoms with van der Waals surface area (Å²) < 4.78 is 0. The Hall–Kier alpha value is -2.48. The van der Waals surface area contributed by atoms with Gasteiger partial charge in [0.15, 0.2) is 0 Å². The molecule has 1 aromatic rings. The van der Waals surface area contributed by atoms with Crippen LogP contribution >= 0.6 is 0 Å². The fourth-order valence-electron chi connectivity index (χ4n) is 1.41. The number of hydrogen-bond acceptors (Lipinski definition) is 6. The minimum Gasteiger partial charge on any atom is -0.389 e. The number of aliphatic hydroxyl groups excluding tert-OH is 2. The molecule has 0 bridgehead atoms. The van der Waals surface area contributed by atoms with Gasteiger partial charge in [0.2, 0.25) is 0 Å². The number of nitriles is 2. The zero-order valence-electron chi connectivity index (χ0n) is 9.15. The Morgan fingerprint density at radius 2 is 2.06 bits per heavy atom. The summed E-state index contributed by atoms with van der Waals surface area (Å²) in [5, 5.41) is 46.9. The van der Waals surface area contributed by atoms with Crippen molar-refractivity contribution in [2.24, 2.45) is 0 Å². The van der Waals surface area contributed by atoms with Gasteiger partial charge < -0.3 is 10.2 Å². The largest absolute Gasteiger partial charge is 0.389 e. The van der Waals surface area contributed by atoms with Crippen LogP contribution in [0.1, 0.15) is 23.7 Å². The number of benzene rings is 1. The Kier molecular flexibility index (Phi) is 4.33. The molecule has 2 atom stereocenters. The van der Waals surface area contributed by atoms with Gasteiger partial charge in [0.05, 0.1) is 23.5 Å². The first-order chi connectivity index (χ1) is 8.51. The van der Waals surface area contributed by atoms with Gasteiger partial charge in [0, 0.05) is 6.07 Å². The zero-order valence-corrected chi connectivity index (χ0v) is 9.15. The summed E-state index contributed by atoms with van der Waals surface area (Å²) in [6.45, 7) is 0. The lowest BCUT2D eigenvalue weighted by atomic mass is 10.0. The van der Waals surface area contributed by atoms with Crippen LogP contribution in [0.5, 0.6) is 0 Å². The normalized spacial score (nSPS) is 13.1. The zero-order chi connectivity index (χ0) is 13.7. The van der Waals surface area contributed by atoms with Crippen molar-refractivity contribution in [1.29, 1.82) is 10.5 Å². The first kappa shape index (κ1) is 13.6. The quantitative estimate of drug-likeness (QED) is 0.596. The molecule has 0 saturated heterocycles. The van der Waals surface area contributed by atoms with Crippen molar-refractivity contribution in [2.45, 2.75) is 18.6 Å². The molecule has 7 nitrogen and oxygen atoms in total. The Morgan fingerprint density at radius 3 is 2.56 bits per heavy atom. The van der Waals surface area contributed by atoms with Crippen LogP contribution in [0, 0.1) is 32.8 Å². The van der Waals surface area contributed by atoms with Crippen molar-refractivity contribution in [3.8, 4) is 12.1 Å². The lowest BCUT2D eigenvalue weighted by Gasteiger charge is -2.15. The van der Waals surface area contributed by atoms with Crippen LogP contribution < -0.4 is 0 Å². The maximum Gasteiger partial charge on any atom is 0.287 e. The summed E-state index contributed by atoms with van der Waals surface area (Å²) in [5.41, 5.74) is -0.493. The van der Waals surface area contributed by atoms with Crippen molar-refractivity contribution >= 4 is 5.69 Å². The third-order valence-electron chi connectivity index (χ3n) is 2.35. The molecule has 1 rings (SSSR count). The molecule has 2 N–H and O–H groups in total. The average molecular weight is 247 g/mol. The molecule has 0 aromatic heterocycles. The molecule has 18 heavy (non-hydrogen) atoms. The second kappa shape index (κ2) is 5.73. The van der Waals surface area contributed by atoms with E-state index in [-0.39, 0.29) is 17.5 Å². The van der Waals surface area contributed by atoms with E-state index < -0.39 is 22.8 Å². The molecule has 0 heterocycles. The van der Waals surface area contributed by atoms with Crippen molar-refractivity contribution in [3.63, 3.8) is 0 Å². The standard InChI is InChI=1S/C11H9N3O4/c12-4-3-10(15)11(16)7-1-2-8(6-13)9(5-7)14(17)18/h1-2,5,10-11,15-16H,3H2. The molecular weight excluding hydrogens is 238 g/mol. The number of rotatable bonds is 4. The molecule has 0 spiro atoms. The monoisotopic (exact) mass is 247 g/mol. The Bertz CT molecular complexity index is 544. The fourth-order valence-corrected chi connectivity index (χ4v) is 1.41. The SMILES string of the molecule is N#CCC(O)C(O)c1ccc(C#N)c([N+](=O)[O-])c1. The molecule has 0 aliphatic heterocycles. The topological polar surface area (TPSA) is 131 Å². The fraction of sp³-hybridized carbons (Fsp3) is 0.273. The number of nitro benzene ring substituents is 1.